The molecule has 2 amide bonds. The molecule has 3 heterocycles. The molecular formula is C19H23N3O2S2. The lowest BCUT2D eigenvalue weighted by atomic mass is 9.81. The van der Waals surface area contributed by atoms with Gasteiger partial charge in [0.25, 0.3) is 5.91 Å². The predicted molar refractivity (Wildman–Crippen MR) is 109 cm³/mol. The van der Waals surface area contributed by atoms with Crippen molar-refractivity contribution < 1.29 is 9.59 Å². The summed E-state index contributed by atoms with van der Waals surface area (Å²) in [6.45, 7) is 8.36. The average Bonchev–Trinajstić information content (AvgIpc) is 3.10. The van der Waals surface area contributed by atoms with Gasteiger partial charge in [0.15, 0.2) is 0 Å². The smallest absolute Gasteiger partial charge is 0.251 e. The molecule has 4 N–H and O–H groups in total. The first-order chi connectivity index (χ1) is 12.1. The summed E-state index contributed by atoms with van der Waals surface area (Å²) >= 11 is 2.98. The number of carbonyl (C=O) groups is 2. The van der Waals surface area contributed by atoms with Gasteiger partial charge in [-0.05, 0) is 57.2 Å². The third-order valence-corrected chi connectivity index (χ3v) is 6.58. The molecule has 0 atom stereocenters. The predicted octanol–water partition coefficient (Wildman–Crippen LogP) is 3.72. The molecule has 0 spiro atoms. The van der Waals surface area contributed by atoms with E-state index in [0.29, 0.717) is 17.0 Å². The molecule has 0 aromatic carbocycles. The molecule has 1 aliphatic heterocycles. The maximum atomic E-state index is 12.3. The summed E-state index contributed by atoms with van der Waals surface area (Å²) in [5.74, 6) is -0.780. The summed E-state index contributed by atoms with van der Waals surface area (Å²) in [5, 5.41) is 8.92. The lowest BCUT2D eigenvalue weighted by Crippen LogP contribution is -2.55. The molecular weight excluding hydrogens is 366 g/mol. The van der Waals surface area contributed by atoms with Gasteiger partial charge in [-0.15, -0.1) is 22.7 Å². The highest BCUT2D eigenvalue weighted by molar-refractivity contribution is 7.17. The number of amides is 2. The number of rotatable bonds is 4. The van der Waals surface area contributed by atoms with E-state index in [0.717, 1.165) is 15.3 Å². The first kappa shape index (κ1) is 18.8. The highest BCUT2D eigenvalue weighted by atomic mass is 32.1. The minimum atomic E-state index is -0.506. The van der Waals surface area contributed by atoms with E-state index in [2.05, 4.69) is 38.3 Å². The quantitative estimate of drug-likeness (QED) is 0.697. The molecule has 5 nitrogen and oxygen atoms in total. The summed E-state index contributed by atoms with van der Waals surface area (Å²) in [6.07, 6.45) is 3.91. The van der Waals surface area contributed by atoms with Crippen LogP contribution >= 0.6 is 22.7 Å². The monoisotopic (exact) mass is 389 g/mol. The Kier molecular flexibility index (Phi) is 4.81. The van der Waals surface area contributed by atoms with Gasteiger partial charge < -0.3 is 16.4 Å². The number of primary amides is 1. The van der Waals surface area contributed by atoms with Crippen LogP contribution in [0.1, 0.15) is 53.4 Å². The van der Waals surface area contributed by atoms with Gasteiger partial charge >= 0.3 is 0 Å². The maximum Gasteiger partial charge on any atom is 0.251 e. The largest absolute Gasteiger partial charge is 0.365 e. The number of nitrogens with one attached hydrogen (secondary N) is 2. The van der Waals surface area contributed by atoms with E-state index in [1.807, 2.05) is 17.5 Å². The van der Waals surface area contributed by atoms with Crippen LogP contribution in [-0.4, -0.2) is 17.4 Å². The fourth-order valence-electron chi connectivity index (χ4n) is 3.57. The van der Waals surface area contributed by atoms with Crippen LogP contribution in [0.25, 0.3) is 6.08 Å². The Morgan fingerprint density at radius 2 is 2.04 bits per heavy atom. The first-order valence-corrected chi connectivity index (χ1v) is 10.1. The Hall–Kier alpha value is -1.96. The molecule has 138 valence electrons. The third kappa shape index (κ3) is 3.75. The molecule has 0 radical (unpaired) electrons. The number of hydrogen-bond donors (Lipinski definition) is 3. The minimum Gasteiger partial charge on any atom is -0.365 e. The summed E-state index contributed by atoms with van der Waals surface area (Å²) in [6, 6.07) is 3.86. The number of anilines is 1. The molecule has 1 aliphatic rings. The SMILES string of the molecule is CC1(C)Cc2c(sc(NC(=O)C=Cc3cccs3)c2C(N)=O)C(C)(C)N1. The lowest BCUT2D eigenvalue weighted by Gasteiger charge is -2.42. The van der Waals surface area contributed by atoms with Crippen LogP contribution in [-0.2, 0) is 16.8 Å². The molecule has 0 saturated heterocycles. The average molecular weight is 390 g/mol. The van der Waals surface area contributed by atoms with Gasteiger partial charge in [0, 0.05) is 26.9 Å². The summed E-state index contributed by atoms with van der Waals surface area (Å²) in [4.78, 5) is 26.5. The van der Waals surface area contributed by atoms with Gasteiger partial charge in [-0.3, -0.25) is 9.59 Å². The van der Waals surface area contributed by atoms with Crippen molar-refractivity contribution in [1.29, 1.82) is 0 Å². The van der Waals surface area contributed by atoms with E-state index < -0.39 is 5.91 Å². The third-order valence-electron chi connectivity index (χ3n) is 4.27. The summed E-state index contributed by atoms with van der Waals surface area (Å²) in [7, 11) is 0. The van der Waals surface area contributed by atoms with Crippen LogP contribution in [0.2, 0.25) is 0 Å². The van der Waals surface area contributed by atoms with Crippen molar-refractivity contribution >= 4 is 45.6 Å². The molecule has 26 heavy (non-hydrogen) atoms. The Balaban J connectivity index is 1.94. The van der Waals surface area contributed by atoms with Crippen LogP contribution in [0.15, 0.2) is 23.6 Å². The fourth-order valence-corrected chi connectivity index (χ4v) is 5.48. The highest BCUT2D eigenvalue weighted by Gasteiger charge is 2.41. The molecule has 2 aromatic heterocycles. The van der Waals surface area contributed by atoms with Gasteiger partial charge in [0.05, 0.1) is 5.56 Å². The highest BCUT2D eigenvalue weighted by Crippen LogP contribution is 2.44. The van der Waals surface area contributed by atoms with Crippen LogP contribution in [0.3, 0.4) is 0 Å². The second-order valence-electron chi connectivity index (χ2n) is 7.63. The van der Waals surface area contributed by atoms with E-state index in [9.17, 15) is 9.59 Å². The molecule has 3 rings (SSSR count). The first-order valence-electron chi connectivity index (χ1n) is 8.37. The number of nitrogens with two attached hydrogens (primary N) is 1. The van der Waals surface area contributed by atoms with Crippen LogP contribution in [0.4, 0.5) is 5.00 Å². The van der Waals surface area contributed by atoms with E-state index in [4.69, 9.17) is 5.73 Å². The fraction of sp³-hybridized carbons (Fsp3) is 0.368. The second-order valence-corrected chi connectivity index (χ2v) is 9.63. The van der Waals surface area contributed by atoms with Crippen molar-refractivity contribution in [3.8, 4) is 0 Å². The topological polar surface area (TPSA) is 84.2 Å². The zero-order valence-electron chi connectivity index (χ0n) is 15.3. The van der Waals surface area contributed by atoms with Crippen molar-refractivity contribution in [3.05, 3.63) is 44.5 Å². The van der Waals surface area contributed by atoms with Crippen molar-refractivity contribution in [1.82, 2.24) is 5.32 Å². The van der Waals surface area contributed by atoms with Crippen LogP contribution in [0, 0.1) is 0 Å². The van der Waals surface area contributed by atoms with Crippen LogP contribution in [0.5, 0.6) is 0 Å². The molecule has 0 saturated carbocycles. The van der Waals surface area contributed by atoms with Gasteiger partial charge in [-0.2, -0.15) is 0 Å². The number of fused-ring (bicyclic) bond motifs is 1. The maximum absolute atomic E-state index is 12.3. The van der Waals surface area contributed by atoms with E-state index in [1.165, 1.54) is 17.4 Å². The van der Waals surface area contributed by atoms with Crippen molar-refractivity contribution in [2.24, 2.45) is 5.73 Å². The number of carbonyl (C=O) groups excluding carboxylic acids is 2. The standard InChI is InChI=1S/C19H23N3O2S2/c1-18(2)10-12-14(16(20)24)17(26-15(12)19(3,4)22-18)21-13(23)8-7-11-6-5-9-25-11/h5-9,22H,10H2,1-4H3,(H2,20,24)(H,21,23). The Bertz CT molecular complexity index is 877. The van der Waals surface area contributed by atoms with Crippen molar-refractivity contribution in [3.63, 3.8) is 0 Å². The molecule has 0 bridgehead atoms. The van der Waals surface area contributed by atoms with Crippen molar-refractivity contribution in [2.75, 3.05) is 5.32 Å². The Morgan fingerprint density at radius 3 is 2.65 bits per heavy atom. The van der Waals surface area contributed by atoms with Gasteiger partial charge in [-0.1, -0.05) is 6.07 Å². The zero-order chi connectivity index (χ0) is 19.1. The van der Waals surface area contributed by atoms with Gasteiger partial charge in [0.1, 0.15) is 5.00 Å². The van der Waals surface area contributed by atoms with Gasteiger partial charge in [0.2, 0.25) is 5.91 Å². The normalized spacial score (nSPS) is 17.8. The molecule has 0 aliphatic carbocycles. The summed E-state index contributed by atoms with van der Waals surface area (Å²) < 4.78 is 0. The Labute approximate surface area is 161 Å². The van der Waals surface area contributed by atoms with Crippen molar-refractivity contribution in [2.45, 2.75) is 45.2 Å². The lowest BCUT2D eigenvalue weighted by molar-refractivity contribution is -0.111. The molecule has 0 unspecified atom stereocenters. The number of thiophene rings is 2. The molecule has 2 aromatic rings. The van der Waals surface area contributed by atoms with Crippen LogP contribution < -0.4 is 16.4 Å². The molecule has 0 fully saturated rings. The van der Waals surface area contributed by atoms with Gasteiger partial charge in [-0.25, -0.2) is 0 Å². The zero-order valence-corrected chi connectivity index (χ0v) is 16.9. The van der Waals surface area contributed by atoms with E-state index in [-0.39, 0.29) is 17.0 Å². The Morgan fingerprint density at radius 1 is 1.31 bits per heavy atom. The number of hydrogen-bond acceptors (Lipinski definition) is 5. The minimum absolute atomic E-state index is 0.165. The molecule has 7 heteroatoms. The summed E-state index contributed by atoms with van der Waals surface area (Å²) in [5.41, 5.74) is 6.57. The van der Waals surface area contributed by atoms with E-state index >= 15 is 0 Å². The van der Waals surface area contributed by atoms with E-state index in [1.54, 1.807) is 17.4 Å². The second kappa shape index (κ2) is 6.64.